The molecule has 0 saturated carbocycles. The van der Waals surface area contributed by atoms with Crippen molar-refractivity contribution >= 4 is 22.6 Å². The molecule has 3 nitrogen and oxygen atoms in total. The summed E-state index contributed by atoms with van der Waals surface area (Å²) >= 11 is 1.36. The first-order valence-electron chi connectivity index (χ1n) is 6.69. The normalized spacial score (nSPS) is 10.8. The molecule has 0 aliphatic rings. The van der Waals surface area contributed by atoms with Gasteiger partial charge in [-0.1, -0.05) is 48.2 Å². The molecular weight excluding hydrogens is 294 g/mol. The van der Waals surface area contributed by atoms with Gasteiger partial charge in [-0.05, 0) is 47.2 Å². The van der Waals surface area contributed by atoms with Crippen molar-refractivity contribution in [3.63, 3.8) is 0 Å². The Morgan fingerprint density at radius 3 is 2.36 bits per heavy atom. The summed E-state index contributed by atoms with van der Waals surface area (Å²) < 4.78 is 0. The van der Waals surface area contributed by atoms with Crippen molar-refractivity contribution in [2.75, 3.05) is 0 Å². The van der Waals surface area contributed by atoms with Gasteiger partial charge >= 0.3 is 5.97 Å². The molecule has 0 spiro atoms. The molecule has 0 aliphatic heterocycles. The molecule has 0 heterocycles. The van der Waals surface area contributed by atoms with Gasteiger partial charge in [0.1, 0.15) is 0 Å². The molecule has 22 heavy (non-hydrogen) atoms. The summed E-state index contributed by atoms with van der Waals surface area (Å²) in [7, 11) is 0. The highest BCUT2D eigenvalue weighted by Gasteiger charge is 2.10. The second kappa shape index (κ2) is 7.00. The van der Waals surface area contributed by atoms with Gasteiger partial charge in [0.15, 0.2) is 0 Å². The minimum atomic E-state index is -0.956. The lowest BCUT2D eigenvalue weighted by Crippen LogP contribution is -1.98. The second-order valence-corrected chi connectivity index (χ2v) is 5.84. The van der Waals surface area contributed by atoms with Crippen LogP contribution < -0.4 is 5.73 Å². The van der Waals surface area contributed by atoms with Gasteiger partial charge in [0.05, 0.1) is 5.56 Å². The van der Waals surface area contributed by atoms with Gasteiger partial charge in [0.25, 0.3) is 0 Å². The van der Waals surface area contributed by atoms with Crippen LogP contribution in [-0.2, 0) is 0 Å². The number of rotatable bonds is 5. The Morgan fingerprint density at radius 2 is 1.77 bits per heavy atom. The molecule has 0 atom stereocenters. The van der Waals surface area contributed by atoms with E-state index in [9.17, 15) is 9.90 Å². The third-order valence-corrected chi connectivity index (χ3v) is 3.99. The van der Waals surface area contributed by atoms with E-state index in [4.69, 9.17) is 5.73 Å². The molecule has 0 radical (unpaired) electrons. The molecule has 0 unspecified atom stereocenters. The fourth-order valence-electron chi connectivity index (χ4n) is 2.01. The predicted octanol–water partition coefficient (Wildman–Crippen LogP) is 4.49. The maximum Gasteiger partial charge on any atom is 0.335 e. The molecule has 4 heteroatoms. The van der Waals surface area contributed by atoms with Gasteiger partial charge in [0, 0.05) is 11.1 Å². The maximum atomic E-state index is 11.4. The average molecular weight is 311 g/mol. The van der Waals surface area contributed by atoms with E-state index < -0.39 is 5.97 Å². The van der Waals surface area contributed by atoms with E-state index in [-0.39, 0.29) is 5.56 Å². The van der Waals surface area contributed by atoms with Crippen molar-refractivity contribution in [3.8, 4) is 11.1 Å². The quantitative estimate of drug-likeness (QED) is 0.853. The Morgan fingerprint density at radius 1 is 1.14 bits per heavy atom. The van der Waals surface area contributed by atoms with Crippen molar-refractivity contribution in [1.29, 1.82) is 0 Å². The van der Waals surface area contributed by atoms with E-state index in [0.717, 1.165) is 27.2 Å². The number of hydrogen-bond donors (Lipinski definition) is 2. The summed E-state index contributed by atoms with van der Waals surface area (Å²) in [6.07, 6.45) is 1.43. The van der Waals surface area contributed by atoms with Crippen LogP contribution in [0.5, 0.6) is 0 Å². The van der Waals surface area contributed by atoms with Gasteiger partial charge in [-0.2, -0.15) is 0 Å². The molecular formula is C18H17NO2S. The first-order chi connectivity index (χ1) is 10.5. The van der Waals surface area contributed by atoms with Gasteiger partial charge in [-0.25, -0.2) is 4.79 Å². The molecule has 0 amide bonds. The molecule has 0 saturated heterocycles. The Kier molecular flexibility index (Phi) is 5.07. The summed E-state index contributed by atoms with van der Waals surface area (Å²) in [5, 5.41) is 11.0. The number of nitrogens with two attached hydrogens (primary N) is 1. The van der Waals surface area contributed by atoms with Crippen molar-refractivity contribution < 1.29 is 9.90 Å². The Balaban J connectivity index is 2.49. The van der Waals surface area contributed by atoms with E-state index in [1.165, 1.54) is 18.0 Å². The average Bonchev–Trinajstić information content (AvgIpc) is 2.52. The van der Waals surface area contributed by atoms with Crippen molar-refractivity contribution in [1.82, 2.24) is 0 Å². The van der Waals surface area contributed by atoms with E-state index in [0.29, 0.717) is 0 Å². The van der Waals surface area contributed by atoms with Gasteiger partial charge in [-0.15, -0.1) is 0 Å². The minimum Gasteiger partial charge on any atom is -0.478 e. The van der Waals surface area contributed by atoms with Crippen LogP contribution in [0.2, 0.25) is 0 Å². The number of carbonyl (C=O) groups is 1. The lowest BCUT2D eigenvalue weighted by atomic mass is 9.99. The number of aryl methyl sites for hydroxylation is 1. The number of benzene rings is 2. The van der Waals surface area contributed by atoms with Gasteiger partial charge in [-0.3, -0.25) is 0 Å². The molecule has 3 N–H and O–H groups in total. The Bertz CT molecular complexity index is 733. The highest BCUT2D eigenvalue weighted by molar-refractivity contribution is 8.10. The molecule has 112 valence electrons. The zero-order valence-electron chi connectivity index (χ0n) is 12.2. The third-order valence-electron chi connectivity index (χ3n) is 3.18. The van der Waals surface area contributed by atoms with E-state index >= 15 is 0 Å². The van der Waals surface area contributed by atoms with Crippen LogP contribution in [0.15, 0.2) is 60.7 Å². The largest absolute Gasteiger partial charge is 0.478 e. The van der Waals surface area contributed by atoms with E-state index in [1.54, 1.807) is 17.5 Å². The van der Waals surface area contributed by atoms with Crippen LogP contribution in [0, 0.1) is 6.92 Å². The highest BCUT2D eigenvalue weighted by Crippen LogP contribution is 2.31. The summed E-state index contributed by atoms with van der Waals surface area (Å²) in [5.74, 6) is -0.956. The number of carboxylic acids is 1. The fraction of sp³-hybridized carbons (Fsp3) is 0.0556. The Hall–Kier alpha value is -2.46. The van der Waals surface area contributed by atoms with Crippen molar-refractivity contribution in [2.24, 2.45) is 5.73 Å². The maximum absolute atomic E-state index is 11.4. The van der Waals surface area contributed by atoms with Gasteiger partial charge in [0.2, 0.25) is 0 Å². The van der Waals surface area contributed by atoms with Crippen LogP contribution in [0.25, 0.3) is 16.0 Å². The minimum absolute atomic E-state index is 0.242. The van der Waals surface area contributed by atoms with Crippen molar-refractivity contribution in [2.45, 2.75) is 6.92 Å². The van der Waals surface area contributed by atoms with Crippen LogP contribution in [0.4, 0.5) is 0 Å². The number of hydrogen-bond acceptors (Lipinski definition) is 3. The van der Waals surface area contributed by atoms with Crippen LogP contribution in [0.3, 0.4) is 0 Å². The monoisotopic (exact) mass is 311 g/mol. The van der Waals surface area contributed by atoms with Crippen LogP contribution in [-0.4, -0.2) is 11.1 Å². The molecule has 2 aromatic carbocycles. The zero-order chi connectivity index (χ0) is 16.1. The van der Waals surface area contributed by atoms with Crippen molar-refractivity contribution in [3.05, 3.63) is 77.3 Å². The van der Waals surface area contributed by atoms with Crippen LogP contribution >= 0.6 is 11.8 Å². The first kappa shape index (κ1) is 15.9. The molecule has 0 fully saturated rings. The third kappa shape index (κ3) is 3.80. The summed E-state index contributed by atoms with van der Waals surface area (Å²) in [6, 6.07) is 13.2. The smallest absolute Gasteiger partial charge is 0.335 e. The van der Waals surface area contributed by atoms with E-state index in [2.05, 4.69) is 6.58 Å². The molecule has 0 aromatic heterocycles. The lowest BCUT2D eigenvalue weighted by molar-refractivity contribution is 0.0697. The fourth-order valence-corrected chi connectivity index (χ4v) is 2.51. The topological polar surface area (TPSA) is 63.3 Å². The molecule has 0 aliphatic carbocycles. The number of carboxylic acid groups (broad SMARTS) is 1. The highest BCUT2D eigenvalue weighted by atomic mass is 32.2. The molecule has 2 rings (SSSR count). The standard InChI is InChI=1S/C18H17NO2S/c1-12-3-5-14(6-4-12)16-9-15(13(2)22-8-7-19)10-17(11-16)18(20)21/h3-11H,2,19H2,1H3,(H,20,21)/b8-7-. The lowest BCUT2D eigenvalue weighted by Gasteiger charge is -2.09. The predicted molar refractivity (Wildman–Crippen MR) is 93.5 cm³/mol. The summed E-state index contributed by atoms with van der Waals surface area (Å²) in [4.78, 5) is 12.1. The molecule has 0 bridgehead atoms. The van der Waals surface area contributed by atoms with Gasteiger partial charge < -0.3 is 10.8 Å². The summed E-state index contributed by atoms with van der Waals surface area (Å²) in [6.45, 7) is 5.99. The SMILES string of the molecule is C=C(S/C=C\N)c1cc(C(=O)O)cc(-c2ccc(C)cc2)c1. The summed E-state index contributed by atoms with van der Waals surface area (Å²) in [5.41, 5.74) is 9.34. The van der Waals surface area contributed by atoms with E-state index in [1.807, 2.05) is 37.3 Å². The van der Waals surface area contributed by atoms with Crippen LogP contribution in [0.1, 0.15) is 21.5 Å². The Labute approximate surface area is 134 Å². The molecule has 2 aromatic rings. The first-order valence-corrected chi connectivity index (χ1v) is 7.57. The zero-order valence-corrected chi connectivity index (χ0v) is 13.1. The second-order valence-electron chi connectivity index (χ2n) is 4.84. The number of aromatic carboxylic acids is 1. The number of thioether (sulfide) groups is 1.